The van der Waals surface area contributed by atoms with E-state index in [1.54, 1.807) is 6.20 Å². The van der Waals surface area contributed by atoms with Gasteiger partial charge in [0.05, 0.1) is 19.3 Å². The third kappa shape index (κ3) is 2.77. The van der Waals surface area contributed by atoms with Crippen molar-refractivity contribution in [2.75, 3.05) is 18.5 Å². The first-order valence-corrected chi connectivity index (χ1v) is 4.76. The maximum Gasteiger partial charge on any atom is 0.293 e. The SMILES string of the molecule is CCn1ccnc(NC(CO)CO)c1=O. The molecule has 15 heavy (non-hydrogen) atoms. The number of aliphatic hydroxyl groups excluding tert-OH is 2. The number of aromatic nitrogens is 2. The Balaban J connectivity index is 2.90. The van der Waals surface area contributed by atoms with Crippen molar-refractivity contribution in [2.45, 2.75) is 19.5 Å². The molecule has 0 aliphatic heterocycles. The van der Waals surface area contributed by atoms with E-state index in [9.17, 15) is 4.79 Å². The van der Waals surface area contributed by atoms with E-state index in [4.69, 9.17) is 10.2 Å². The van der Waals surface area contributed by atoms with Gasteiger partial charge in [0, 0.05) is 18.9 Å². The number of aryl methyl sites for hydroxylation is 1. The number of anilines is 1. The highest BCUT2D eigenvalue weighted by atomic mass is 16.3. The van der Waals surface area contributed by atoms with E-state index in [0.29, 0.717) is 6.54 Å². The molecule has 1 rings (SSSR count). The van der Waals surface area contributed by atoms with Crippen LogP contribution in [0.1, 0.15) is 6.92 Å². The molecular weight excluding hydrogens is 198 g/mol. The third-order valence-electron chi connectivity index (χ3n) is 2.04. The topological polar surface area (TPSA) is 87.4 Å². The van der Waals surface area contributed by atoms with Gasteiger partial charge in [-0.1, -0.05) is 0 Å². The molecule has 84 valence electrons. The normalized spacial score (nSPS) is 10.7. The Morgan fingerprint density at radius 2 is 2.20 bits per heavy atom. The van der Waals surface area contributed by atoms with Gasteiger partial charge in [0.1, 0.15) is 0 Å². The predicted molar refractivity (Wildman–Crippen MR) is 55.8 cm³/mol. The van der Waals surface area contributed by atoms with E-state index >= 15 is 0 Å². The molecule has 0 radical (unpaired) electrons. The Morgan fingerprint density at radius 3 is 2.73 bits per heavy atom. The summed E-state index contributed by atoms with van der Waals surface area (Å²) in [5, 5.41) is 20.4. The fourth-order valence-electron chi connectivity index (χ4n) is 1.14. The zero-order valence-corrected chi connectivity index (χ0v) is 8.55. The summed E-state index contributed by atoms with van der Waals surface area (Å²) in [7, 11) is 0. The Morgan fingerprint density at radius 1 is 1.53 bits per heavy atom. The summed E-state index contributed by atoms with van der Waals surface area (Å²) < 4.78 is 1.49. The van der Waals surface area contributed by atoms with Crippen molar-refractivity contribution in [1.29, 1.82) is 0 Å². The number of nitrogens with one attached hydrogen (secondary N) is 1. The summed E-state index contributed by atoms with van der Waals surface area (Å²) >= 11 is 0. The first-order chi connectivity index (χ1) is 7.22. The van der Waals surface area contributed by atoms with Crippen LogP contribution in [0.15, 0.2) is 17.2 Å². The fourth-order valence-corrected chi connectivity index (χ4v) is 1.14. The van der Waals surface area contributed by atoms with Gasteiger partial charge in [-0.05, 0) is 6.92 Å². The number of hydrogen-bond donors (Lipinski definition) is 3. The van der Waals surface area contributed by atoms with Crippen molar-refractivity contribution in [1.82, 2.24) is 9.55 Å². The molecule has 0 bridgehead atoms. The van der Waals surface area contributed by atoms with Gasteiger partial charge in [-0.15, -0.1) is 0 Å². The van der Waals surface area contributed by atoms with E-state index in [2.05, 4.69) is 10.3 Å². The fraction of sp³-hybridized carbons (Fsp3) is 0.556. The van der Waals surface area contributed by atoms with Gasteiger partial charge in [0.25, 0.3) is 5.56 Å². The molecule has 0 amide bonds. The molecule has 1 aromatic heterocycles. The second-order valence-corrected chi connectivity index (χ2v) is 3.07. The van der Waals surface area contributed by atoms with Crippen LogP contribution in [0, 0.1) is 0 Å². The van der Waals surface area contributed by atoms with Crippen molar-refractivity contribution >= 4 is 5.82 Å². The van der Waals surface area contributed by atoms with Crippen LogP contribution in [-0.4, -0.2) is 39.0 Å². The monoisotopic (exact) mass is 213 g/mol. The molecule has 1 heterocycles. The summed E-state index contributed by atoms with van der Waals surface area (Å²) in [5.41, 5.74) is -0.257. The maximum absolute atomic E-state index is 11.6. The number of nitrogens with zero attached hydrogens (tertiary/aromatic N) is 2. The smallest absolute Gasteiger partial charge is 0.293 e. The van der Waals surface area contributed by atoms with Crippen LogP contribution in [0.5, 0.6) is 0 Å². The average molecular weight is 213 g/mol. The van der Waals surface area contributed by atoms with Crippen LogP contribution in [-0.2, 0) is 6.54 Å². The number of rotatable bonds is 5. The molecule has 0 spiro atoms. The van der Waals surface area contributed by atoms with Crippen LogP contribution < -0.4 is 10.9 Å². The van der Waals surface area contributed by atoms with Crippen molar-refractivity contribution < 1.29 is 10.2 Å². The second-order valence-electron chi connectivity index (χ2n) is 3.07. The van der Waals surface area contributed by atoms with Crippen LogP contribution in [0.25, 0.3) is 0 Å². The Hall–Kier alpha value is -1.40. The van der Waals surface area contributed by atoms with Crippen molar-refractivity contribution in [3.05, 3.63) is 22.7 Å². The second kappa shape index (κ2) is 5.47. The van der Waals surface area contributed by atoms with Crippen molar-refractivity contribution in [3.8, 4) is 0 Å². The van der Waals surface area contributed by atoms with Crippen LogP contribution in [0.4, 0.5) is 5.82 Å². The van der Waals surface area contributed by atoms with Gasteiger partial charge in [-0.25, -0.2) is 4.98 Å². The van der Waals surface area contributed by atoms with Crippen LogP contribution in [0.3, 0.4) is 0 Å². The molecule has 6 heteroatoms. The molecule has 3 N–H and O–H groups in total. The first-order valence-electron chi connectivity index (χ1n) is 4.76. The van der Waals surface area contributed by atoms with Gasteiger partial charge in [0.2, 0.25) is 0 Å². The van der Waals surface area contributed by atoms with Gasteiger partial charge in [-0.3, -0.25) is 4.79 Å². The van der Waals surface area contributed by atoms with E-state index in [1.807, 2.05) is 6.92 Å². The van der Waals surface area contributed by atoms with Crippen molar-refractivity contribution in [3.63, 3.8) is 0 Å². The maximum atomic E-state index is 11.6. The Bertz CT molecular complexity index is 360. The summed E-state index contributed by atoms with van der Waals surface area (Å²) in [5.74, 6) is 0.146. The largest absolute Gasteiger partial charge is 0.394 e. The zero-order chi connectivity index (χ0) is 11.3. The lowest BCUT2D eigenvalue weighted by atomic mass is 10.3. The highest BCUT2D eigenvalue weighted by Gasteiger charge is 2.09. The minimum Gasteiger partial charge on any atom is -0.394 e. The average Bonchev–Trinajstić information content (AvgIpc) is 2.28. The highest BCUT2D eigenvalue weighted by Crippen LogP contribution is 1.96. The molecule has 0 aromatic carbocycles. The molecule has 0 aliphatic carbocycles. The van der Waals surface area contributed by atoms with E-state index in [1.165, 1.54) is 10.8 Å². The summed E-state index contributed by atoms with van der Waals surface area (Å²) in [6.45, 7) is 1.90. The van der Waals surface area contributed by atoms with Crippen LogP contribution in [0.2, 0.25) is 0 Å². The van der Waals surface area contributed by atoms with Gasteiger partial charge >= 0.3 is 0 Å². The summed E-state index contributed by atoms with van der Waals surface area (Å²) in [6, 6.07) is -0.557. The standard InChI is InChI=1S/C9H15N3O3/c1-2-12-4-3-10-8(9(12)15)11-7(5-13)6-14/h3-4,7,13-14H,2,5-6H2,1H3,(H,10,11). The Labute approximate surface area is 87.2 Å². The molecular formula is C9H15N3O3. The quantitative estimate of drug-likeness (QED) is 0.585. The van der Waals surface area contributed by atoms with E-state index in [0.717, 1.165) is 0 Å². The minimum atomic E-state index is -0.557. The van der Waals surface area contributed by atoms with E-state index < -0.39 is 6.04 Å². The molecule has 0 saturated carbocycles. The molecule has 6 nitrogen and oxygen atoms in total. The molecule has 1 aromatic rings. The summed E-state index contributed by atoms with van der Waals surface area (Å²) in [4.78, 5) is 15.5. The number of hydrogen-bond acceptors (Lipinski definition) is 5. The molecule has 0 saturated heterocycles. The molecule has 0 atom stereocenters. The highest BCUT2D eigenvalue weighted by molar-refractivity contribution is 5.32. The lowest BCUT2D eigenvalue weighted by Gasteiger charge is -2.13. The Kier molecular flexibility index (Phi) is 4.26. The lowest BCUT2D eigenvalue weighted by Crippen LogP contribution is -2.33. The van der Waals surface area contributed by atoms with Gasteiger partial charge in [0.15, 0.2) is 5.82 Å². The number of aliphatic hydroxyl groups is 2. The summed E-state index contributed by atoms with van der Waals surface area (Å²) in [6.07, 6.45) is 3.08. The molecule has 0 aliphatic rings. The first kappa shape index (κ1) is 11.7. The minimum absolute atomic E-state index is 0.146. The van der Waals surface area contributed by atoms with Crippen molar-refractivity contribution in [2.24, 2.45) is 0 Å². The predicted octanol–water partition coefficient (Wildman–Crippen LogP) is -0.972. The van der Waals surface area contributed by atoms with Crippen LogP contribution >= 0.6 is 0 Å². The van der Waals surface area contributed by atoms with Gasteiger partial charge in [-0.2, -0.15) is 0 Å². The molecule has 0 unspecified atom stereocenters. The lowest BCUT2D eigenvalue weighted by molar-refractivity contribution is 0.203. The third-order valence-corrected chi connectivity index (χ3v) is 2.04. The molecule has 0 fully saturated rings. The zero-order valence-electron chi connectivity index (χ0n) is 8.55. The van der Waals surface area contributed by atoms with Gasteiger partial charge < -0.3 is 20.1 Å². The van der Waals surface area contributed by atoms with E-state index in [-0.39, 0.29) is 24.6 Å².